The molecule has 0 aliphatic heterocycles. The Morgan fingerprint density at radius 3 is 2.40 bits per heavy atom. The average Bonchev–Trinajstić information content (AvgIpc) is 2.08. The van der Waals surface area contributed by atoms with E-state index in [2.05, 4.69) is 20.7 Å². The maximum absolute atomic E-state index is 12.5. The van der Waals surface area contributed by atoms with Crippen molar-refractivity contribution in [3.8, 4) is 5.75 Å². The summed E-state index contributed by atoms with van der Waals surface area (Å²) >= 11 is 2.76. The van der Waals surface area contributed by atoms with Gasteiger partial charge in [-0.1, -0.05) is 0 Å². The van der Waals surface area contributed by atoms with Gasteiger partial charge in [0.05, 0.1) is 4.47 Å². The highest BCUT2D eigenvalue weighted by Crippen LogP contribution is 2.27. The second-order valence-electron chi connectivity index (χ2n) is 2.46. The van der Waals surface area contributed by atoms with Crippen LogP contribution in [-0.4, -0.2) is 12.1 Å². The van der Waals surface area contributed by atoms with Crippen LogP contribution in [-0.2, 0) is 4.79 Å². The summed E-state index contributed by atoms with van der Waals surface area (Å²) in [5, 5.41) is 0. The summed E-state index contributed by atoms with van der Waals surface area (Å²) in [6.07, 6.45) is -5.08. The molecule has 0 amide bonds. The lowest BCUT2D eigenvalue weighted by Gasteiger charge is -2.07. The van der Waals surface area contributed by atoms with E-state index < -0.39 is 23.7 Å². The number of ether oxygens (including phenoxy) is 1. The van der Waals surface area contributed by atoms with Crippen molar-refractivity contribution < 1.29 is 27.1 Å². The molecule has 0 aliphatic carbocycles. The molecule has 0 N–H and O–H groups in total. The van der Waals surface area contributed by atoms with Crippen molar-refractivity contribution in [2.45, 2.75) is 6.18 Å². The minimum Gasteiger partial charge on any atom is -0.419 e. The highest BCUT2D eigenvalue weighted by atomic mass is 79.9. The summed E-state index contributed by atoms with van der Waals surface area (Å²) in [4.78, 5) is 10.4. The molecule has 2 nitrogen and oxygen atoms in total. The standard InChI is InChI=1S/C8H3BrF4O2/c9-5-3-4(10)1-2-6(5)15-7(14)8(11,12)13/h1-3H. The van der Waals surface area contributed by atoms with Gasteiger partial charge in [0, 0.05) is 0 Å². The molecule has 1 aromatic carbocycles. The second-order valence-corrected chi connectivity index (χ2v) is 3.32. The van der Waals surface area contributed by atoms with Gasteiger partial charge < -0.3 is 4.74 Å². The number of benzene rings is 1. The van der Waals surface area contributed by atoms with E-state index in [0.717, 1.165) is 18.2 Å². The Labute approximate surface area is 90.0 Å². The molecule has 0 radical (unpaired) electrons. The summed E-state index contributed by atoms with van der Waals surface area (Å²) in [5.41, 5.74) is 0. The zero-order valence-corrected chi connectivity index (χ0v) is 8.52. The number of hydrogen-bond acceptors (Lipinski definition) is 2. The van der Waals surface area contributed by atoms with Crippen LogP contribution in [0.1, 0.15) is 0 Å². The third-order valence-corrected chi connectivity index (χ3v) is 1.95. The van der Waals surface area contributed by atoms with E-state index in [1.165, 1.54) is 0 Å². The normalized spacial score (nSPS) is 11.3. The molecule has 1 rings (SSSR count). The highest BCUT2D eigenvalue weighted by molar-refractivity contribution is 9.10. The van der Waals surface area contributed by atoms with Crippen molar-refractivity contribution in [1.82, 2.24) is 0 Å². The number of halogens is 5. The molecule has 0 fully saturated rings. The molecule has 82 valence electrons. The monoisotopic (exact) mass is 286 g/mol. The van der Waals surface area contributed by atoms with Gasteiger partial charge in [0.2, 0.25) is 0 Å². The van der Waals surface area contributed by atoms with Crippen LogP contribution in [0.5, 0.6) is 5.75 Å². The Hall–Kier alpha value is -1.11. The minimum atomic E-state index is -5.08. The lowest BCUT2D eigenvalue weighted by molar-refractivity contribution is -0.189. The maximum Gasteiger partial charge on any atom is 0.491 e. The van der Waals surface area contributed by atoms with Gasteiger partial charge in [0.1, 0.15) is 11.6 Å². The minimum absolute atomic E-state index is 0.0694. The average molecular weight is 287 g/mol. The summed E-state index contributed by atoms with van der Waals surface area (Å²) in [6, 6.07) is 2.69. The van der Waals surface area contributed by atoms with Gasteiger partial charge in [-0.3, -0.25) is 0 Å². The van der Waals surface area contributed by atoms with Crippen LogP contribution in [0.2, 0.25) is 0 Å². The van der Waals surface area contributed by atoms with Crippen LogP contribution in [0.3, 0.4) is 0 Å². The number of carbonyl (C=O) groups excluding carboxylic acids is 1. The third-order valence-electron chi connectivity index (χ3n) is 1.33. The number of alkyl halides is 3. The van der Waals surface area contributed by atoms with E-state index in [1.54, 1.807) is 0 Å². The summed E-state index contributed by atoms with van der Waals surface area (Å²) in [5.74, 6) is -3.40. The fraction of sp³-hybridized carbons (Fsp3) is 0.125. The van der Waals surface area contributed by atoms with Crippen molar-refractivity contribution in [2.24, 2.45) is 0 Å². The van der Waals surface area contributed by atoms with Gasteiger partial charge in [0.15, 0.2) is 0 Å². The van der Waals surface area contributed by atoms with Crippen molar-refractivity contribution in [1.29, 1.82) is 0 Å². The van der Waals surface area contributed by atoms with Gasteiger partial charge in [-0.05, 0) is 34.1 Å². The van der Waals surface area contributed by atoms with Crippen LogP contribution in [0.4, 0.5) is 17.6 Å². The first kappa shape index (κ1) is 12.0. The molecular weight excluding hydrogens is 284 g/mol. The molecule has 0 atom stereocenters. The first-order valence-corrected chi connectivity index (χ1v) is 4.34. The molecule has 0 saturated heterocycles. The number of carbonyl (C=O) groups is 1. The zero-order valence-electron chi connectivity index (χ0n) is 6.94. The lowest BCUT2D eigenvalue weighted by atomic mass is 10.3. The van der Waals surface area contributed by atoms with Gasteiger partial charge >= 0.3 is 12.1 Å². The Bertz CT molecular complexity index is 389. The first-order chi connectivity index (χ1) is 6.80. The maximum atomic E-state index is 12.5. The van der Waals surface area contributed by atoms with E-state index in [9.17, 15) is 22.4 Å². The van der Waals surface area contributed by atoms with E-state index in [1.807, 2.05) is 0 Å². The van der Waals surface area contributed by atoms with E-state index in [-0.39, 0.29) is 4.47 Å². The van der Waals surface area contributed by atoms with Crippen LogP contribution in [0.25, 0.3) is 0 Å². The van der Waals surface area contributed by atoms with Gasteiger partial charge in [-0.15, -0.1) is 0 Å². The zero-order chi connectivity index (χ0) is 11.6. The van der Waals surface area contributed by atoms with Gasteiger partial charge in [-0.25, -0.2) is 9.18 Å². The molecule has 0 saturated carbocycles. The predicted octanol–water partition coefficient (Wildman–Crippen LogP) is 3.06. The second kappa shape index (κ2) is 4.18. The fourth-order valence-corrected chi connectivity index (χ4v) is 1.15. The molecule has 1 aromatic rings. The quantitative estimate of drug-likeness (QED) is 0.451. The Balaban J connectivity index is 2.87. The molecular formula is C8H3BrF4O2. The number of rotatable bonds is 1. The fourth-order valence-electron chi connectivity index (χ4n) is 0.716. The highest BCUT2D eigenvalue weighted by Gasteiger charge is 2.41. The lowest BCUT2D eigenvalue weighted by Crippen LogP contribution is -2.28. The Morgan fingerprint density at radius 1 is 1.33 bits per heavy atom. The first-order valence-electron chi connectivity index (χ1n) is 3.55. The molecule has 0 heterocycles. The predicted molar refractivity (Wildman–Crippen MR) is 45.8 cm³/mol. The van der Waals surface area contributed by atoms with Crippen molar-refractivity contribution in [2.75, 3.05) is 0 Å². The smallest absolute Gasteiger partial charge is 0.419 e. The SMILES string of the molecule is O=C(Oc1ccc(F)cc1Br)C(F)(F)F. The van der Waals surface area contributed by atoms with Crippen LogP contribution in [0, 0.1) is 5.82 Å². The van der Waals surface area contributed by atoms with E-state index in [0.29, 0.717) is 0 Å². The van der Waals surface area contributed by atoms with Crippen LogP contribution in [0.15, 0.2) is 22.7 Å². The molecule has 0 aromatic heterocycles. The molecule has 0 aliphatic rings. The number of esters is 1. The Morgan fingerprint density at radius 2 is 1.93 bits per heavy atom. The molecule has 0 bridgehead atoms. The topological polar surface area (TPSA) is 26.3 Å². The van der Waals surface area contributed by atoms with Gasteiger partial charge in [0.25, 0.3) is 0 Å². The third kappa shape index (κ3) is 3.19. The summed E-state index contributed by atoms with van der Waals surface area (Å²) in [7, 11) is 0. The van der Waals surface area contributed by atoms with Gasteiger partial charge in [-0.2, -0.15) is 13.2 Å². The molecule has 0 spiro atoms. The van der Waals surface area contributed by atoms with Crippen molar-refractivity contribution in [3.05, 3.63) is 28.5 Å². The van der Waals surface area contributed by atoms with E-state index in [4.69, 9.17) is 0 Å². The van der Waals surface area contributed by atoms with Crippen molar-refractivity contribution in [3.63, 3.8) is 0 Å². The molecule has 15 heavy (non-hydrogen) atoms. The Kier molecular flexibility index (Phi) is 3.33. The summed E-state index contributed by atoms with van der Waals surface area (Å²) in [6.45, 7) is 0. The number of hydrogen-bond donors (Lipinski definition) is 0. The van der Waals surface area contributed by atoms with Crippen LogP contribution >= 0.6 is 15.9 Å². The largest absolute Gasteiger partial charge is 0.491 e. The molecule has 7 heteroatoms. The van der Waals surface area contributed by atoms with E-state index >= 15 is 0 Å². The summed E-state index contributed by atoms with van der Waals surface area (Å²) < 4.78 is 51.8. The van der Waals surface area contributed by atoms with Crippen LogP contribution < -0.4 is 4.74 Å². The van der Waals surface area contributed by atoms with Crippen molar-refractivity contribution >= 4 is 21.9 Å². The molecule has 0 unspecified atom stereocenters.